The highest BCUT2D eigenvalue weighted by Gasteiger charge is 2.39. The van der Waals surface area contributed by atoms with Gasteiger partial charge >= 0.3 is 5.97 Å². The third-order valence-corrected chi connectivity index (χ3v) is 4.38. The fourth-order valence-electron chi connectivity index (χ4n) is 2.83. The molecule has 128 valence electrons. The van der Waals surface area contributed by atoms with Gasteiger partial charge in [-0.2, -0.15) is 0 Å². The van der Waals surface area contributed by atoms with Crippen LogP contribution in [0.4, 0.5) is 0 Å². The minimum absolute atomic E-state index is 0.00197. The number of aryl methyl sites for hydroxylation is 1. The smallest absolute Gasteiger partial charge is 0.375 e. The van der Waals surface area contributed by atoms with Crippen molar-refractivity contribution in [1.82, 2.24) is 0 Å². The summed E-state index contributed by atoms with van der Waals surface area (Å²) in [5.74, 6) is -1.41. The first-order chi connectivity index (χ1) is 11.9. The quantitative estimate of drug-likeness (QED) is 0.786. The molecular weight excluding hydrogens is 320 g/mol. The summed E-state index contributed by atoms with van der Waals surface area (Å²) < 4.78 is 10.7. The molecule has 0 fully saturated rings. The lowest BCUT2D eigenvalue weighted by molar-refractivity contribution is 0.0487. The maximum Gasteiger partial charge on any atom is 0.375 e. The summed E-state index contributed by atoms with van der Waals surface area (Å²) in [6, 6.07) is 7.33. The van der Waals surface area contributed by atoms with Crippen LogP contribution in [0.3, 0.4) is 0 Å². The summed E-state index contributed by atoms with van der Waals surface area (Å²) >= 11 is 0. The molecule has 0 aliphatic heterocycles. The van der Waals surface area contributed by atoms with Crippen LogP contribution in [-0.2, 0) is 4.74 Å². The number of benzene rings is 1. The van der Waals surface area contributed by atoms with Crippen molar-refractivity contribution in [3.8, 4) is 11.3 Å². The third kappa shape index (κ3) is 2.61. The Labute approximate surface area is 145 Å². The van der Waals surface area contributed by atoms with Crippen LogP contribution >= 0.6 is 0 Å². The van der Waals surface area contributed by atoms with Crippen molar-refractivity contribution in [2.75, 3.05) is 6.61 Å². The van der Waals surface area contributed by atoms with E-state index in [4.69, 9.17) is 9.15 Å². The Morgan fingerprint density at radius 3 is 2.08 bits per heavy atom. The van der Waals surface area contributed by atoms with Gasteiger partial charge in [-0.25, -0.2) is 4.79 Å². The first-order valence-electron chi connectivity index (χ1n) is 8.04. The first-order valence-corrected chi connectivity index (χ1v) is 8.04. The SMILES string of the molecule is CCOC(=O)c1oc(-c2ccc(C)cc2)c2c1C(=O)C(C)=C(C)C2=O. The molecule has 0 saturated carbocycles. The third-order valence-electron chi connectivity index (χ3n) is 4.38. The van der Waals surface area contributed by atoms with Gasteiger partial charge in [0.05, 0.1) is 17.7 Å². The molecule has 0 atom stereocenters. The molecule has 25 heavy (non-hydrogen) atoms. The number of esters is 1. The fourth-order valence-corrected chi connectivity index (χ4v) is 2.83. The number of rotatable bonds is 3. The number of hydrogen-bond donors (Lipinski definition) is 0. The minimum atomic E-state index is -0.745. The Morgan fingerprint density at radius 2 is 1.52 bits per heavy atom. The van der Waals surface area contributed by atoms with Gasteiger partial charge in [0.15, 0.2) is 11.6 Å². The largest absolute Gasteiger partial charge is 0.460 e. The van der Waals surface area contributed by atoms with E-state index in [1.807, 2.05) is 19.1 Å². The monoisotopic (exact) mass is 338 g/mol. The number of ketones is 2. The second kappa shape index (κ2) is 6.16. The highest BCUT2D eigenvalue weighted by atomic mass is 16.5. The van der Waals surface area contributed by atoms with E-state index in [2.05, 4.69) is 0 Å². The molecule has 5 heteroatoms. The maximum atomic E-state index is 12.8. The van der Waals surface area contributed by atoms with Gasteiger partial charge < -0.3 is 9.15 Å². The van der Waals surface area contributed by atoms with E-state index in [1.54, 1.807) is 32.9 Å². The van der Waals surface area contributed by atoms with Crippen molar-refractivity contribution in [2.24, 2.45) is 0 Å². The Bertz CT molecular complexity index is 926. The van der Waals surface area contributed by atoms with Gasteiger partial charge in [0, 0.05) is 16.7 Å². The molecule has 1 aliphatic carbocycles. The lowest BCUT2D eigenvalue weighted by atomic mass is 9.84. The average molecular weight is 338 g/mol. The van der Waals surface area contributed by atoms with Crippen molar-refractivity contribution in [2.45, 2.75) is 27.7 Å². The van der Waals surface area contributed by atoms with Crippen molar-refractivity contribution >= 4 is 17.5 Å². The summed E-state index contributed by atoms with van der Waals surface area (Å²) in [6.07, 6.45) is 0. The van der Waals surface area contributed by atoms with E-state index >= 15 is 0 Å². The Balaban J connectivity index is 2.30. The zero-order valence-corrected chi connectivity index (χ0v) is 14.6. The van der Waals surface area contributed by atoms with E-state index < -0.39 is 5.97 Å². The van der Waals surface area contributed by atoms with Crippen LogP contribution < -0.4 is 0 Å². The number of fused-ring (bicyclic) bond motifs is 1. The zero-order chi connectivity index (χ0) is 18.3. The summed E-state index contributed by atoms with van der Waals surface area (Å²) in [6.45, 7) is 6.93. The van der Waals surface area contributed by atoms with E-state index in [0.29, 0.717) is 16.7 Å². The maximum absolute atomic E-state index is 12.8. The number of furan rings is 1. The normalized spacial score (nSPS) is 13.9. The van der Waals surface area contributed by atoms with Crippen molar-refractivity contribution < 1.29 is 23.5 Å². The molecule has 0 amide bonds. The summed E-state index contributed by atoms with van der Waals surface area (Å²) in [5.41, 5.74) is 2.50. The lowest BCUT2D eigenvalue weighted by Crippen LogP contribution is -2.21. The Kier molecular flexibility index (Phi) is 4.17. The topological polar surface area (TPSA) is 73.6 Å². The molecule has 2 aromatic rings. The summed E-state index contributed by atoms with van der Waals surface area (Å²) in [7, 11) is 0. The van der Waals surface area contributed by atoms with E-state index in [-0.39, 0.29) is 40.8 Å². The fraction of sp³-hybridized carbons (Fsp3) is 0.250. The van der Waals surface area contributed by atoms with Gasteiger partial charge in [-0.05, 0) is 27.7 Å². The minimum Gasteiger partial charge on any atom is -0.460 e. The number of carbonyl (C=O) groups excluding carboxylic acids is 3. The molecule has 0 N–H and O–H groups in total. The molecule has 3 rings (SSSR count). The number of carbonyl (C=O) groups is 3. The van der Waals surface area contributed by atoms with Gasteiger partial charge in [-0.15, -0.1) is 0 Å². The van der Waals surface area contributed by atoms with Gasteiger partial charge in [-0.1, -0.05) is 29.8 Å². The van der Waals surface area contributed by atoms with Crippen LogP contribution in [0.1, 0.15) is 57.6 Å². The van der Waals surface area contributed by atoms with Gasteiger partial charge in [0.25, 0.3) is 0 Å². The Morgan fingerprint density at radius 1 is 0.960 bits per heavy atom. The number of allylic oxidation sites excluding steroid dienone is 2. The van der Waals surface area contributed by atoms with Crippen LogP contribution in [0.2, 0.25) is 0 Å². The predicted molar refractivity (Wildman–Crippen MR) is 91.9 cm³/mol. The lowest BCUT2D eigenvalue weighted by Gasteiger charge is -2.14. The average Bonchev–Trinajstić information content (AvgIpc) is 2.99. The van der Waals surface area contributed by atoms with Crippen molar-refractivity contribution in [3.63, 3.8) is 0 Å². The molecular formula is C20H18O5. The molecule has 0 saturated heterocycles. The molecule has 0 radical (unpaired) electrons. The molecule has 1 aromatic carbocycles. The van der Waals surface area contributed by atoms with Crippen molar-refractivity contribution in [1.29, 1.82) is 0 Å². The molecule has 1 heterocycles. The number of hydrogen-bond acceptors (Lipinski definition) is 5. The predicted octanol–water partition coefficient (Wildman–Crippen LogP) is 4.15. The molecule has 0 unspecified atom stereocenters. The number of Topliss-reactive ketones (excluding diaryl/α,β-unsaturated/α-hetero) is 2. The number of ether oxygens (including phenoxy) is 1. The molecule has 5 nitrogen and oxygen atoms in total. The molecule has 1 aliphatic rings. The highest BCUT2D eigenvalue weighted by molar-refractivity contribution is 6.30. The molecule has 1 aromatic heterocycles. The van der Waals surface area contributed by atoms with Crippen LogP contribution in [0.5, 0.6) is 0 Å². The summed E-state index contributed by atoms with van der Waals surface area (Å²) in [4.78, 5) is 37.8. The van der Waals surface area contributed by atoms with Gasteiger partial charge in [0.2, 0.25) is 5.76 Å². The van der Waals surface area contributed by atoms with Gasteiger partial charge in [0.1, 0.15) is 5.76 Å². The second-order valence-electron chi connectivity index (χ2n) is 6.01. The van der Waals surface area contributed by atoms with Crippen LogP contribution in [0.25, 0.3) is 11.3 Å². The molecule has 0 bridgehead atoms. The molecule has 0 spiro atoms. The second-order valence-corrected chi connectivity index (χ2v) is 6.01. The van der Waals surface area contributed by atoms with Gasteiger partial charge in [-0.3, -0.25) is 9.59 Å². The van der Waals surface area contributed by atoms with Crippen LogP contribution in [-0.4, -0.2) is 24.1 Å². The van der Waals surface area contributed by atoms with E-state index in [1.165, 1.54) is 0 Å². The van der Waals surface area contributed by atoms with Crippen LogP contribution in [0.15, 0.2) is 39.8 Å². The van der Waals surface area contributed by atoms with Crippen LogP contribution in [0, 0.1) is 6.92 Å². The standard InChI is InChI=1S/C20H18O5/c1-5-24-20(23)19-15-14(16(21)11(3)12(4)17(15)22)18(25-19)13-8-6-10(2)7-9-13/h6-9H,5H2,1-4H3. The Hall–Kier alpha value is -2.95. The first kappa shape index (κ1) is 16.9. The zero-order valence-electron chi connectivity index (χ0n) is 14.6. The van der Waals surface area contributed by atoms with E-state index in [0.717, 1.165) is 5.56 Å². The van der Waals surface area contributed by atoms with Crippen molar-refractivity contribution in [3.05, 3.63) is 57.9 Å². The van der Waals surface area contributed by atoms with E-state index in [9.17, 15) is 14.4 Å². The highest BCUT2D eigenvalue weighted by Crippen LogP contribution is 2.38. The summed E-state index contributed by atoms with van der Waals surface area (Å²) in [5, 5.41) is 0.